The SMILES string of the molecule is CC1CCC2(CCCC2)CC1.CC1CCC2(CCCCC2)CC1.CC1CCC2(CCOCC2)CC1.CC1CCCC2(CCCCC2)C1. The first kappa shape index (κ1) is 38.2. The molecule has 1 saturated heterocycles. The van der Waals surface area contributed by atoms with Gasteiger partial charge >= 0.3 is 0 Å². The summed E-state index contributed by atoms with van der Waals surface area (Å²) in [7, 11) is 0. The van der Waals surface area contributed by atoms with Crippen LogP contribution in [0.2, 0.25) is 0 Å². The fourth-order valence-corrected chi connectivity index (χ4v) is 12.4. The summed E-state index contributed by atoms with van der Waals surface area (Å²) < 4.78 is 5.42. The molecule has 0 aromatic carbocycles. The molecular formula is C46H84O. The maximum absolute atomic E-state index is 5.42. The second-order valence-corrected chi connectivity index (χ2v) is 20.2. The van der Waals surface area contributed by atoms with E-state index < -0.39 is 0 Å². The molecule has 1 aliphatic heterocycles. The fourth-order valence-electron chi connectivity index (χ4n) is 12.4. The van der Waals surface area contributed by atoms with Crippen molar-refractivity contribution in [3.8, 4) is 0 Å². The smallest absolute Gasteiger partial charge is 0.0471 e. The average molecular weight is 653 g/mol. The molecule has 1 unspecified atom stereocenters. The Morgan fingerprint density at radius 2 is 0.617 bits per heavy atom. The first-order valence-corrected chi connectivity index (χ1v) is 22.3. The molecule has 0 N–H and O–H groups in total. The van der Waals surface area contributed by atoms with E-state index in [1.807, 2.05) is 0 Å². The molecule has 0 aromatic heterocycles. The Morgan fingerprint density at radius 1 is 0.298 bits per heavy atom. The molecule has 8 fully saturated rings. The molecule has 7 aliphatic carbocycles. The van der Waals surface area contributed by atoms with Crippen LogP contribution in [0.25, 0.3) is 0 Å². The molecule has 47 heavy (non-hydrogen) atoms. The van der Waals surface area contributed by atoms with Crippen molar-refractivity contribution in [3.63, 3.8) is 0 Å². The molecule has 1 heteroatoms. The number of hydrogen-bond donors (Lipinski definition) is 0. The van der Waals surface area contributed by atoms with Crippen LogP contribution in [-0.4, -0.2) is 13.2 Å². The maximum atomic E-state index is 5.42. The Labute approximate surface area is 295 Å². The van der Waals surface area contributed by atoms with Crippen LogP contribution in [0.15, 0.2) is 0 Å². The lowest BCUT2D eigenvalue weighted by Gasteiger charge is -2.43. The lowest BCUT2D eigenvalue weighted by atomic mass is 9.63. The molecule has 0 aromatic rings. The Morgan fingerprint density at radius 3 is 1.00 bits per heavy atom. The summed E-state index contributed by atoms with van der Waals surface area (Å²) in [6.45, 7) is 11.7. The van der Waals surface area contributed by atoms with Gasteiger partial charge in [0.15, 0.2) is 0 Å². The highest BCUT2D eigenvalue weighted by Gasteiger charge is 2.38. The molecule has 4 spiro atoms. The zero-order valence-corrected chi connectivity index (χ0v) is 32.8. The normalized spacial score (nSPS) is 34.3. The highest BCUT2D eigenvalue weighted by Crippen LogP contribution is 2.51. The second-order valence-electron chi connectivity index (χ2n) is 20.2. The van der Waals surface area contributed by atoms with Crippen molar-refractivity contribution in [2.45, 2.75) is 233 Å². The Hall–Kier alpha value is -0.0400. The summed E-state index contributed by atoms with van der Waals surface area (Å²) in [5, 5.41) is 0. The van der Waals surface area contributed by atoms with E-state index in [1.165, 1.54) is 128 Å². The number of hydrogen-bond acceptors (Lipinski definition) is 1. The quantitative estimate of drug-likeness (QED) is 0.253. The van der Waals surface area contributed by atoms with Crippen LogP contribution in [0.3, 0.4) is 0 Å². The zero-order chi connectivity index (χ0) is 33.1. The first-order chi connectivity index (χ1) is 22.7. The maximum Gasteiger partial charge on any atom is 0.0471 e. The lowest BCUT2D eigenvalue weighted by molar-refractivity contribution is -0.0114. The van der Waals surface area contributed by atoms with Gasteiger partial charge in [-0.05, 0) is 148 Å². The third-order valence-electron chi connectivity index (χ3n) is 16.2. The lowest BCUT2D eigenvalue weighted by Crippen LogP contribution is -2.33. The van der Waals surface area contributed by atoms with Gasteiger partial charge in [0, 0.05) is 13.2 Å². The molecule has 1 atom stereocenters. The Bertz CT molecular complexity index is 777. The average Bonchev–Trinajstić information content (AvgIpc) is 3.56. The third-order valence-corrected chi connectivity index (χ3v) is 16.2. The van der Waals surface area contributed by atoms with Gasteiger partial charge in [-0.2, -0.15) is 0 Å². The summed E-state index contributed by atoms with van der Waals surface area (Å²) in [6, 6.07) is 0. The monoisotopic (exact) mass is 653 g/mol. The van der Waals surface area contributed by atoms with Crippen LogP contribution in [0, 0.1) is 45.3 Å². The van der Waals surface area contributed by atoms with Crippen LogP contribution in [0.5, 0.6) is 0 Å². The number of rotatable bonds is 0. The molecule has 0 bridgehead atoms. The van der Waals surface area contributed by atoms with Gasteiger partial charge in [0.25, 0.3) is 0 Å². The predicted molar refractivity (Wildman–Crippen MR) is 205 cm³/mol. The van der Waals surface area contributed by atoms with E-state index in [4.69, 9.17) is 4.74 Å². The number of ether oxygens (including phenoxy) is 1. The molecule has 7 saturated carbocycles. The van der Waals surface area contributed by atoms with Crippen LogP contribution in [0.4, 0.5) is 0 Å². The highest BCUT2D eigenvalue weighted by molar-refractivity contribution is 4.90. The van der Waals surface area contributed by atoms with Gasteiger partial charge in [0.1, 0.15) is 0 Å². The van der Waals surface area contributed by atoms with Crippen molar-refractivity contribution >= 4 is 0 Å². The van der Waals surface area contributed by atoms with E-state index >= 15 is 0 Å². The van der Waals surface area contributed by atoms with E-state index in [2.05, 4.69) is 27.7 Å². The third kappa shape index (κ3) is 11.7. The Balaban J connectivity index is 0.000000123. The van der Waals surface area contributed by atoms with Gasteiger partial charge in [-0.25, -0.2) is 0 Å². The zero-order valence-electron chi connectivity index (χ0n) is 32.8. The molecular weight excluding hydrogens is 569 g/mol. The van der Waals surface area contributed by atoms with Gasteiger partial charge < -0.3 is 4.74 Å². The van der Waals surface area contributed by atoms with E-state index in [1.54, 1.807) is 77.0 Å². The minimum Gasteiger partial charge on any atom is -0.381 e. The van der Waals surface area contributed by atoms with Crippen LogP contribution in [-0.2, 0) is 4.74 Å². The van der Waals surface area contributed by atoms with Crippen molar-refractivity contribution in [1.29, 1.82) is 0 Å². The van der Waals surface area contributed by atoms with E-state index in [0.29, 0.717) is 5.41 Å². The van der Waals surface area contributed by atoms with Gasteiger partial charge in [0.05, 0.1) is 0 Å². The summed E-state index contributed by atoms with van der Waals surface area (Å²) >= 11 is 0. The summed E-state index contributed by atoms with van der Waals surface area (Å²) in [5.74, 6) is 4.06. The van der Waals surface area contributed by atoms with E-state index in [9.17, 15) is 0 Å². The van der Waals surface area contributed by atoms with Crippen molar-refractivity contribution in [3.05, 3.63) is 0 Å². The minimum atomic E-state index is 0.713. The molecule has 8 aliphatic rings. The van der Waals surface area contributed by atoms with Crippen molar-refractivity contribution in [2.24, 2.45) is 45.3 Å². The summed E-state index contributed by atoms with van der Waals surface area (Å²) in [5.41, 5.74) is 3.23. The van der Waals surface area contributed by atoms with Crippen molar-refractivity contribution < 1.29 is 4.74 Å². The topological polar surface area (TPSA) is 9.23 Å². The molecule has 274 valence electrons. The fraction of sp³-hybridized carbons (Fsp3) is 1.00. The van der Waals surface area contributed by atoms with Gasteiger partial charge in [-0.1, -0.05) is 130 Å². The Kier molecular flexibility index (Phi) is 15.0. The van der Waals surface area contributed by atoms with Crippen LogP contribution >= 0.6 is 0 Å². The van der Waals surface area contributed by atoms with E-state index in [-0.39, 0.29) is 0 Å². The molecule has 0 radical (unpaired) electrons. The molecule has 1 heterocycles. The minimum absolute atomic E-state index is 0.713. The van der Waals surface area contributed by atoms with Gasteiger partial charge in [-0.15, -0.1) is 0 Å². The standard InChI is InChI=1S/2C12H22.C11H20O.C11H20/c1-11-5-9-12(10-6-11)7-3-2-4-8-12;1-11-6-5-9-12(10-11)7-3-2-4-8-12;1-10-2-4-11(5-3-10)6-8-12-9-7-11;1-10-4-8-11(9-5-10)6-2-3-7-11/h2*11H,2-10H2,1H3;10H,2-9H2,1H3;10H,2-9H2,1H3. The van der Waals surface area contributed by atoms with Gasteiger partial charge in [-0.3, -0.25) is 0 Å². The molecule has 1 nitrogen and oxygen atoms in total. The van der Waals surface area contributed by atoms with Gasteiger partial charge in [0.2, 0.25) is 0 Å². The first-order valence-electron chi connectivity index (χ1n) is 22.3. The van der Waals surface area contributed by atoms with Crippen LogP contribution in [0.1, 0.15) is 233 Å². The van der Waals surface area contributed by atoms with E-state index in [0.717, 1.165) is 53.1 Å². The second kappa shape index (κ2) is 18.5. The predicted octanol–water partition coefficient (Wildman–Crippen LogP) is 15.0. The molecule has 8 rings (SSSR count). The van der Waals surface area contributed by atoms with Crippen LogP contribution < -0.4 is 0 Å². The largest absolute Gasteiger partial charge is 0.381 e. The highest BCUT2D eigenvalue weighted by atomic mass is 16.5. The summed E-state index contributed by atoms with van der Waals surface area (Å²) in [6.07, 6.45) is 48.4. The van der Waals surface area contributed by atoms with Crippen molar-refractivity contribution in [1.82, 2.24) is 0 Å². The van der Waals surface area contributed by atoms with Crippen molar-refractivity contribution in [2.75, 3.05) is 13.2 Å². The summed E-state index contributed by atoms with van der Waals surface area (Å²) in [4.78, 5) is 0. The molecule has 0 amide bonds.